The Hall–Kier alpha value is -5.13. The Morgan fingerprint density at radius 2 is 1.07 bits per heavy atom. The van der Waals surface area contributed by atoms with Gasteiger partial charge in [-0.25, -0.2) is 4.98 Å². The number of fused-ring (bicyclic) bond motifs is 5. The molecular formula is C35H22N4S. The molecule has 0 amide bonds. The van der Waals surface area contributed by atoms with Gasteiger partial charge >= 0.3 is 0 Å². The Labute approximate surface area is 234 Å². The van der Waals surface area contributed by atoms with E-state index in [-0.39, 0.29) is 0 Å². The van der Waals surface area contributed by atoms with Crippen LogP contribution in [0.3, 0.4) is 0 Å². The van der Waals surface area contributed by atoms with Gasteiger partial charge in [-0.1, -0.05) is 115 Å². The van der Waals surface area contributed by atoms with Crippen LogP contribution in [0.2, 0.25) is 0 Å². The number of rotatable bonds is 4. The molecule has 0 bridgehead atoms. The molecule has 3 aromatic heterocycles. The number of aromatic nitrogens is 4. The fourth-order valence-electron chi connectivity index (χ4n) is 5.41. The lowest BCUT2D eigenvalue weighted by atomic mass is 10.1. The quantitative estimate of drug-likeness (QED) is 0.228. The third kappa shape index (κ3) is 3.71. The van der Waals surface area contributed by atoms with E-state index in [4.69, 9.17) is 15.0 Å². The van der Waals surface area contributed by atoms with E-state index in [0.29, 0.717) is 17.6 Å². The molecule has 188 valence electrons. The number of nitrogens with zero attached hydrogens (tertiary/aromatic N) is 4. The normalized spacial score (nSPS) is 11.5. The number of hydrogen-bond acceptors (Lipinski definition) is 4. The molecule has 0 aliphatic heterocycles. The highest BCUT2D eigenvalue weighted by molar-refractivity contribution is 7.23. The molecule has 40 heavy (non-hydrogen) atoms. The van der Waals surface area contributed by atoms with Gasteiger partial charge in [-0.15, -0.1) is 11.3 Å². The maximum Gasteiger partial charge on any atom is 0.238 e. The molecule has 0 fully saturated rings. The van der Waals surface area contributed by atoms with Crippen LogP contribution in [0.1, 0.15) is 0 Å². The molecule has 0 radical (unpaired) electrons. The molecule has 8 aromatic rings. The van der Waals surface area contributed by atoms with Crippen molar-refractivity contribution in [2.45, 2.75) is 0 Å². The van der Waals surface area contributed by atoms with Crippen molar-refractivity contribution in [2.75, 3.05) is 0 Å². The minimum atomic E-state index is 0.609. The lowest BCUT2D eigenvalue weighted by Gasteiger charge is -2.10. The first-order chi connectivity index (χ1) is 19.8. The molecule has 8 rings (SSSR count). The van der Waals surface area contributed by atoms with Crippen molar-refractivity contribution in [2.24, 2.45) is 0 Å². The van der Waals surface area contributed by atoms with Gasteiger partial charge in [0.05, 0.1) is 11.0 Å². The van der Waals surface area contributed by atoms with Gasteiger partial charge in [0.15, 0.2) is 11.6 Å². The second-order valence-electron chi connectivity index (χ2n) is 9.72. The highest BCUT2D eigenvalue weighted by atomic mass is 32.1. The molecule has 0 saturated carbocycles. The number of benzene rings is 5. The average Bonchev–Trinajstić information content (AvgIpc) is 3.62. The SMILES string of the molecule is c1ccc(-c2nc(-c3ccccc3)nc(-n3c4ccccc4c4c5sc(-c6ccccc6)cc5ccc43)n2)cc1. The summed E-state index contributed by atoms with van der Waals surface area (Å²) in [6.45, 7) is 0. The topological polar surface area (TPSA) is 43.6 Å². The molecule has 0 atom stereocenters. The summed E-state index contributed by atoms with van der Waals surface area (Å²) in [6, 6.07) is 46.1. The summed E-state index contributed by atoms with van der Waals surface area (Å²) in [5.74, 6) is 1.91. The van der Waals surface area contributed by atoms with E-state index in [9.17, 15) is 0 Å². The second kappa shape index (κ2) is 9.26. The Morgan fingerprint density at radius 3 is 1.73 bits per heavy atom. The molecule has 0 aliphatic carbocycles. The summed E-state index contributed by atoms with van der Waals surface area (Å²) in [5, 5.41) is 3.65. The third-order valence-corrected chi connectivity index (χ3v) is 8.48. The minimum absolute atomic E-state index is 0.609. The van der Waals surface area contributed by atoms with E-state index < -0.39 is 0 Å². The first kappa shape index (κ1) is 22.8. The van der Waals surface area contributed by atoms with Gasteiger partial charge in [-0.2, -0.15) is 9.97 Å². The van der Waals surface area contributed by atoms with E-state index in [1.165, 1.54) is 31.3 Å². The second-order valence-corrected chi connectivity index (χ2v) is 10.8. The molecular weight excluding hydrogens is 508 g/mol. The monoisotopic (exact) mass is 530 g/mol. The lowest BCUT2D eigenvalue weighted by molar-refractivity contribution is 0.953. The van der Waals surface area contributed by atoms with Gasteiger partial charge in [-0.3, -0.25) is 4.57 Å². The van der Waals surface area contributed by atoms with Crippen molar-refractivity contribution in [3.63, 3.8) is 0 Å². The maximum absolute atomic E-state index is 5.05. The number of para-hydroxylation sites is 1. The van der Waals surface area contributed by atoms with Gasteiger partial charge < -0.3 is 0 Å². The van der Waals surface area contributed by atoms with Crippen LogP contribution in [0.4, 0.5) is 0 Å². The highest BCUT2D eigenvalue weighted by Crippen LogP contribution is 2.42. The molecule has 0 aliphatic rings. The minimum Gasteiger partial charge on any atom is -0.278 e. The van der Waals surface area contributed by atoms with Crippen LogP contribution in [0, 0.1) is 0 Å². The van der Waals surface area contributed by atoms with Crippen molar-refractivity contribution >= 4 is 43.2 Å². The van der Waals surface area contributed by atoms with Gasteiger partial charge in [0.2, 0.25) is 5.95 Å². The predicted octanol–water partition coefficient (Wildman–Crippen LogP) is 9.18. The van der Waals surface area contributed by atoms with E-state index in [1.54, 1.807) is 0 Å². The smallest absolute Gasteiger partial charge is 0.238 e. The molecule has 5 heteroatoms. The highest BCUT2D eigenvalue weighted by Gasteiger charge is 2.20. The number of thiophene rings is 1. The Kier molecular flexibility index (Phi) is 5.28. The Bertz CT molecular complexity index is 2090. The summed E-state index contributed by atoms with van der Waals surface area (Å²) in [4.78, 5) is 16.3. The van der Waals surface area contributed by atoms with E-state index >= 15 is 0 Å². The number of hydrogen-bond donors (Lipinski definition) is 0. The predicted molar refractivity (Wildman–Crippen MR) is 166 cm³/mol. The van der Waals surface area contributed by atoms with Crippen LogP contribution in [-0.4, -0.2) is 19.5 Å². The van der Waals surface area contributed by atoms with E-state index in [1.807, 2.05) is 72.0 Å². The van der Waals surface area contributed by atoms with Gasteiger partial charge in [0.1, 0.15) is 0 Å². The van der Waals surface area contributed by atoms with E-state index in [0.717, 1.165) is 22.2 Å². The first-order valence-corrected chi connectivity index (χ1v) is 14.0. The van der Waals surface area contributed by atoms with Crippen LogP contribution in [0.5, 0.6) is 0 Å². The van der Waals surface area contributed by atoms with Crippen LogP contribution < -0.4 is 0 Å². The zero-order chi connectivity index (χ0) is 26.5. The van der Waals surface area contributed by atoms with Gasteiger partial charge in [0.25, 0.3) is 0 Å². The van der Waals surface area contributed by atoms with E-state index in [2.05, 4.69) is 77.4 Å². The zero-order valence-corrected chi connectivity index (χ0v) is 22.2. The zero-order valence-electron chi connectivity index (χ0n) is 21.4. The van der Waals surface area contributed by atoms with Crippen LogP contribution in [0.15, 0.2) is 133 Å². The maximum atomic E-state index is 5.05. The summed E-state index contributed by atoms with van der Waals surface area (Å²) in [6.07, 6.45) is 0. The summed E-state index contributed by atoms with van der Waals surface area (Å²) in [7, 11) is 0. The van der Waals surface area contributed by atoms with Gasteiger partial charge in [-0.05, 0) is 29.1 Å². The molecule has 0 spiro atoms. The van der Waals surface area contributed by atoms with Crippen LogP contribution >= 0.6 is 11.3 Å². The third-order valence-electron chi connectivity index (χ3n) is 7.27. The summed E-state index contributed by atoms with van der Waals surface area (Å²) in [5.41, 5.74) is 5.30. The van der Waals surface area contributed by atoms with Crippen LogP contribution in [-0.2, 0) is 0 Å². The first-order valence-electron chi connectivity index (χ1n) is 13.2. The fraction of sp³-hybridized carbons (Fsp3) is 0. The molecule has 3 heterocycles. The van der Waals surface area contributed by atoms with Crippen molar-refractivity contribution in [1.29, 1.82) is 0 Å². The fourth-order valence-corrected chi connectivity index (χ4v) is 6.63. The molecule has 0 saturated heterocycles. The standard InChI is InChI=1S/C35H22N4S/c1-4-12-23(13-5-1)30-22-26-20-21-29-31(32(26)40-30)27-18-10-11-19-28(27)39(29)35-37-33(24-14-6-2-7-15-24)36-34(38-35)25-16-8-3-9-17-25/h1-22H. The van der Waals surface area contributed by atoms with Gasteiger partial charge in [0, 0.05) is 31.5 Å². The molecule has 0 N–H and O–H groups in total. The molecule has 0 unspecified atom stereocenters. The van der Waals surface area contributed by atoms with Crippen molar-refractivity contribution in [3.8, 4) is 39.2 Å². The largest absolute Gasteiger partial charge is 0.278 e. The Balaban J connectivity index is 1.43. The molecule has 5 aromatic carbocycles. The lowest BCUT2D eigenvalue weighted by Crippen LogP contribution is -2.06. The van der Waals surface area contributed by atoms with Crippen molar-refractivity contribution < 1.29 is 0 Å². The van der Waals surface area contributed by atoms with Crippen molar-refractivity contribution in [3.05, 3.63) is 133 Å². The summed E-state index contributed by atoms with van der Waals surface area (Å²) < 4.78 is 3.46. The Morgan fingerprint density at radius 1 is 0.500 bits per heavy atom. The van der Waals surface area contributed by atoms with Crippen molar-refractivity contribution in [1.82, 2.24) is 19.5 Å². The molecule has 4 nitrogen and oxygen atoms in total. The van der Waals surface area contributed by atoms with Crippen LogP contribution in [0.25, 0.3) is 71.1 Å². The average molecular weight is 531 g/mol. The summed E-state index contributed by atoms with van der Waals surface area (Å²) >= 11 is 1.84.